The molecule has 0 fully saturated rings. The molecule has 1 amide bonds. The minimum atomic E-state index is -0.863. The largest absolute Gasteiger partial charge is 0.449 e. The average molecular weight is 402 g/mol. The second-order valence-corrected chi connectivity index (χ2v) is 7.61. The van der Waals surface area contributed by atoms with Crippen LogP contribution in [-0.2, 0) is 20.0 Å². The topological polar surface area (TPSA) is 64.6 Å². The van der Waals surface area contributed by atoms with Crippen molar-refractivity contribution in [2.24, 2.45) is 0 Å². The Morgan fingerprint density at radius 1 is 1.14 bits per heavy atom. The third kappa shape index (κ3) is 6.69. The Bertz CT molecular complexity index is 822. The molecule has 0 aromatic heterocycles. The molecule has 0 heterocycles. The molecule has 150 valence electrons. The monoisotopic (exact) mass is 401 g/mol. The molecule has 1 atom stereocenters. The van der Waals surface area contributed by atoms with Crippen molar-refractivity contribution in [1.82, 2.24) is 5.32 Å². The lowest BCUT2D eigenvalue weighted by molar-refractivity contribution is -0.129. The fraction of sp³-hybridized carbons (Fsp3) is 0.364. The normalized spacial score (nSPS) is 11.7. The van der Waals surface area contributed by atoms with Crippen LogP contribution in [-0.4, -0.2) is 38.2 Å². The quantitative estimate of drug-likeness (QED) is 0.392. The Labute approximate surface area is 170 Å². The highest BCUT2D eigenvalue weighted by Crippen LogP contribution is 2.27. The molecule has 0 saturated carbocycles. The smallest absolute Gasteiger partial charge is 0.338 e. The van der Waals surface area contributed by atoms with Crippen molar-refractivity contribution >= 4 is 23.6 Å². The minimum Gasteiger partial charge on any atom is -0.449 e. The first-order chi connectivity index (χ1) is 13.4. The summed E-state index contributed by atoms with van der Waals surface area (Å²) in [6, 6.07) is 13.7. The summed E-state index contributed by atoms with van der Waals surface area (Å²) in [7, 11) is 1.56. The third-order valence-corrected chi connectivity index (χ3v) is 5.39. The van der Waals surface area contributed by atoms with E-state index in [4.69, 9.17) is 9.47 Å². The lowest BCUT2D eigenvalue weighted by Gasteiger charge is -2.14. The Kier molecular flexibility index (Phi) is 8.54. The van der Waals surface area contributed by atoms with Crippen LogP contribution in [0, 0.1) is 13.8 Å². The molecule has 0 aliphatic rings. The van der Waals surface area contributed by atoms with E-state index >= 15 is 0 Å². The number of nitrogens with one attached hydrogen (secondary N) is 1. The van der Waals surface area contributed by atoms with Gasteiger partial charge in [0.2, 0.25) is 0 Å². The number of carbonyl (C=O) groups is 2. The van der Waals surface area contributed by atoms with E-state index in [1.807, 2.05) is 18.2 Å². The van der Waals surface area contributed by atoms with Gasteiger partial charge in [0, 0.05) is 24.3 Å². The number of rotatable bonds is 9. The van der Waals surface area contributed by atoms with Gasteiger partial charge in [-0.1, -0.05) is 29.8 Å². The van der Waals surface area contributed by atoms with Gasteiger partial charge in [0.25, 0.3) is 5.91 Å². The Hall–Kier alpha value is -2.31. The summed E-state index contributed by atoms with van der Waals surface area (Å²) in [4.78, 5) is 25.5. The molecule has 0 aliphatic carbocycles. The number of thioether (sulfide) groups is 1. The van der Waals surface area contributed by atoms with Gasteiger partial charge in [-0.2, -0.15) is 0 Å². The van der Waals surface area contributed by atoms with E-state index in [1.54, 1.807) is 31.9 Å². The van der Waals surface area contributed by atoms with Crippen LogP contribution in [0.5, 0.6) is 0 Å². The summed E-state index contributed by atoms with van der Waals surface area (Å²) in [5.41, 5.74) is 3.95. The predicted octanol–water partition coefficient (Wildman–Crippen LogP) is 3.90. The summed E-state index contributed by atoms with van der Waals surface area (Å²) >= 11 is 1.73. The summed E-state index contributed by atoms with van der Waals surface area (Å²) in [6.07, 6.45) is -0.863. The molecule has 2 aromatic rings. The van der Waals surface area contributed by atoms with E-state index in [-0.39, 0.29) is 5.91 Å². The van der Waals surface area contributed by atoms with E-state index in [1.165, 1.54) is 16.0 Å². The van der Waals surface area contributed by atoms with Gasteiger partial charge < -0.3 is 14.8 Å². The van der Waals surface area contributed by atoms with Crippen molar-refractivity contribution in [1.29, 1.82) is 0 Å². The third-order valence-electron chi connectivity index (χ3n) is 4.15. The fourth-order valence-electron chi connectivity index (χ4n) is 2.61. The van der Waals surface area contributed by atoms with Crippen molar-refractivity contribution in [3.63, 3.8) is 0 Å². The summed E-state index contributed by atoms with van der Waals surface area (Å²) in [5.74, 6) is -0.0994. The maximum absolute atomic E-state index is 12.4. The van der Waals surface area contributed by atoms with Gasteiger partial charge >= 0.3 is 5.97 Å². The Morgan fingerprint density at radius 3 is 2.64 bits per heavy atom. The first kappa shape index (κ1) is 22.0. The summed E-state index contributed by atoms with van der Waals surface area (Å²) in [6.45, 7) is 6.52. The van der Waals surface area contributed by atoms with E-state index in [0.29, 0.717) is 18.7 Å². The maximum Gasteiger partial charge on any atom is 0.338 e. The molecule has 0 aliphatic heterocycles. The van der Waals surface area contributed by atoms with Gasteiger partial charge in [-0.05, 0) is 50.1 Å². The van der Waals surface area contributed by atoms with Crippen molar-refractivity contribution < 1.29 is 19.1 Å². The molecule has 6 heteroatoms. The van der Waals surface area contributed by atoms with Crippen molar-refractivity contribution in [3.05, 3.63) is 64.7 Å². The van der Waals surface area contributed by atoms with Gasteiger partial charge in [0.05, 0.1) is 12.2 Å². The maximum atomic E-state index is 12.4. The number of methoxy groups -OCH3 is 1. The van der Waals surface area contributed by atoms with Gasteiger partial charge in [0.15, 0.2) is 6.10 Å². The molecule has 0 spiro atoms. The zero-order chi connectivity index (χ0) is 20.5. The Morgan fingerprint density at radius 2 is 1.93 bits per heavy atom. The minimum absolute atomic E-state index is 0.341. The number of esters is 1. The zero-order valence-corrected chi connectivity index (χ0v) is 17.6. The zero-order valence-electron chi connectivity index (χ0n) is 16.8. The van der Waals surface area contributed by atoms with Crippen molar-refractivity contribution in [2.45, 2.75) is 37.5 Å². The van der Waals surface area contributed by atoms with Crippen LogP contribution < -0.4 is 5.32 Å². The number of carbonyl (C=O) groups excluding carboxylic acids is 2. The van der Waals surface area contributed by atoms with Crippen LogP contribution in [0.15, 0.2) is 47.4 Å². The first-order valence-corrected chi connectivity index (χ1v) is 10.2. The molecule has 0 unspecified atom stereocenters. The van der Waals surface area contributed by atoms with Gasteiger partial charge in [-0.25, -0.2) is 4.79 Å². The number of hydrogen-bond donors (Lipinski definition) is 1. The lowest BCUT2D eigenvalue weighted by Crippen LogP contribution is -2.37. The fourth-order valence-corrected chi connectivity index (χ4v) is 3.57. The van der Waals surface area contributed by atoms with E-state index < -0.39 is 12.1 Å². The highest BCUT2D eigenvalue weighted by molar-refractivity contribution is 7.98. The number of hydrogen-bond acceptors (Lipinski definition) is 5. The highest BCUT2D eigenvalue weighted by atomic mass is 32.2. The molecule has 2 rings (SSSR count). The molecular formula is C22H27NO4S. The van der Waals surface area contributed by atoms with E-state index in [2.05, 4.69) is 37.4 Å². The molecule has 0 bridgehead atoms. The number of ether oxygens (including phenoxy) is 2. The SMILES string of the molecule is COCCNC(=O)[C@H](C)OC(=O)c1cccc(CSc2ccc(C)cc2C)c1. The van der Waals surface area contributed by atoms with Crippen molar-refractivity contribution in [2.75, 3.05) is 20.3 Å². The molecular weight excluding hydrogens is 374 g/mol. The second-order valence-electron chi connectivity index (χ2n) is 6.59. The van der Waals surface area contributed by atoms with E-state index in [9.17, 15) is 9.59 Å². The molecule has 0 radical (unpaired) electrons. The van der Waals surface area contributed by atoms with Crippen molar-refractivity contribution in [3.8, 4) is 0 Å². The van der Waals surface area contributed by atoms with Crippen LogP contribution in [0.2, 0.25) is 0 Å². The van der Waals surface area contributed by atoms with Gasteiger partial charge in [-0.15, -0.1) is 11.8 Å². The molecule has 28 heavy (non-hydrogen) atoms. The number of benzene rings is 2. The van der Waals surface area contributed by atoms with Crippen LogP contribution in [0.25, 0.3) is 0 Å². The number of aryl methyl sites for hydroxylation is 2. The van der Waals surface area contributed by atoms with Gasteiger partial charge in [-0.3, -0.25) is 4.79 Å². The highest BCUT2D eigenvalue weighted by Gasteiger charge is 2.18. The van der Waals surface area contributed by atoms with Crippen LogP contribution in [0.4, 0.5) is 0 Å². The molecule has 1 N–H and O–H groups in total. The van der Waals surface area contributed by atoms with E-state index in [0.717, 1.165) is 11.3 Å². The lowest BCUT2D eigenvalue weighted by atomic mass is 10.1. The summed E-state index contributed by atoms with van der Waals surface area (Å²) < 4.78 is 10.2. The van der Waals surface area contributed by atoms with Crippen LogP contribution >= 0.6 is 11.8 Å². The Balaban J connectivity index is 1.94. The summed E-state index contributed by atoms with van der Waals surface area (Å²) in [5, 5.41) is 2.65. The predicted molar refractivity (Wildman–Crippen MR) is 112 cm³/mol. The second kappa shape index (κ2) is 10.9. The first-order valence-electron chi connectivity index (χ1n) is 9.17. The average Bonchev–Trinajstić information content (AvgIpc) is 2.67. The molecule has 0 saturated heterocycles. The molecule has 5 nitrogen and oxygen atoms in total. The number of amides is 1. The molecule has 2 aromatic carbocycles. The standard InChI is InChI=1S/C22H27NO4S/c1-15-8-9-20(16(2)12-15)28-14-18-6-5-7-19(13-18)22(25)27-17(3)21(24)23-10-11-26-4/h5-9,12-13,17H,10-11,14H2,1-4H3,(H,23,24)/t17-/m0/s1. The van der Waals surface area contributed by atoms with Gasteiger partial charge in [0.1, 0.15) is 0 Å². The van der Waals surface area contributed by atoms with Crippen LogP contribution in [0.1, 0.15) is 34.0 Å². The van der Waals surface area contributed by atoms with Crippen LogP contribution in [0.3, 0.4) is 0 Å².